The maximum Gasteiger partial charge on any atom is 0.129 e. The maximum atomic E-state index is 10.7. The Bertz CT molecular complexity index is 812. The first-order chi connectivity index (χ1) is 13.5. The highest BCUT2D eigenvalue weighted by Crippen LogP contribution is 2.45. The lowest BCUT2D eigenvalue weighted by Crippen LogP contribution is -2.51. The van der Waals surface area contributed by atoms with Crippen molar-refractivity contribution in [1.29, 1.82) is 0 Å². The van der Waals surface area contributed by atoms with E-state index in [1.807, 2.05) is 49.4 Å². The third-order valence-corrected chi connectivity index (χ3v) is 6.13. The molecule has 28 heavy (non-hydrogen) atoms. The molecule has 0 amide bonds. The van der Waals surface area contributed by atoms with Gasteiger partial charge in [-0.2, -0.15) is 0 Å². The summed E-state index contributed by atoms with van der Waals surface area (Å²) in [5, 5.41) is 21.2. The van der Waals surface area contributed by atoms with Gasteiger partial charge in [-0.3, -0.25) is 0 Å². The van der Waals surface area contributed by atoms with E-state index < -0.39 is 12.2 Å². The quantitative estimate of drug-likeness (QED) is 0.847. The molecule has 2 atom stereocenters. The molecule has 0 aliphatic carbocycles. The Balaban J connectivity index is 1.40. The highest BCUT2D eigenvalue weighted by atomic mass is 16.5. The molecule has 150 valence electrons. The molecular formula is C23H29NO4. The summed E-state index contributed by atoms with van der Waals surface area (Å²) in [6, 6.07) is 13.7. The third kappa shape index (κ3) is 3.88. The van der Waals surface area contributed by atoms with E-state index in [0.29, 0.717) is 13.0 Å². The molecule has 0 aromatic heterocycles. The fourth-order valence-corrected chi connectivity index (χ4v) is 4.33. The fourth-order valence-electron chi connectivity index (χ4n) is 4.33. The van der Waals surface area contributed by atoms with E-state index in [9.17, 15) is 10.2 Å². The first kappa shape index (κ1) is 19.2. The summed E-state index contributed by atoms with van der Waals surface area (Å²) in [4.78, 5) is 2.28. The van der Waals surface area contributed by atoms with Crippen LogP contribution in [-0.2, 0) is 0 Å². The molecule has 5 heteroatoms. The SMILES string of the molecule is COc1ccc2c(c1)OC1(CCN(C[C@H](O)c3ccc(C)cc3)CC1)C[C@H]2O. The highest BCUT2D eigenvalue weighted by Gasteiger charge is 2.43. The van der Waals surface area contributed by atoms with Crippen molar-refractivity contribution in [3.8, 4) is 11.5 Å². The Labute approximate surface area is 166 Å². The summed E-state index contributed by atoms with van der Waals surface area (Å²) in [5.74, 6) is 1.47. The van der Waals surface area contributed by atoms with E-state index in [1.165, 1.54) is 5.56 Å². The van der Waals surface area contributed by atoms with E-state index in [0.717, 1.165) is 48.6 Å². The van der Waals surface area contributed by atoms with Crippen LogP contribution >= 0.6 is 0 Å². The van der Waals surface area contributed by atoms with Crippen LogP contribution < -0.4 is 9.47 Å². The van der Waals surface area contributed by atoms with Gasteiger partial charge in [0.2, 0.25) is 0 Å². The topological polar surface area (TPSA) is 62.2 Å². The number of ether oxygens (including phenoxy) is 2. The van der Waals surface area contributed by atoms with Crippen LogP contribution in [0.15, 0.2) is 42.5 Å². The van der Waals surface area contributed by atoms with Crippen molar-refractivity contribution in [1.82, 2.24) is 4.90 Å². The van der Waals surface area contributed by atoms with E-state index in [-0.39, 0.29) is 5.60 Å². The van der Waals surface area contributed by atoms with Gasteiger partial charge in [-0.15, -0.1) is 0 Å². The number of β-amino-alcohol motifs (C(OH)–C–C–N with tert-alkyl or cyclic N) is 1. The molecule has 2 aliphatic heterocycles. The Morgan fingerprint density at radius 1 is 1.18 bits per heavy atom. The number of aryl methyl sites for hydroxylation is 1. The van der Waals surface area contributed by atoms with Gasteiger partial charge in [0.15, 0.2) is 0 Å². The highest BCUT2D eigenvalue weighted by molar-refractivity contribution is 5.44. The van der Waals surface area contributed by atoms with Crippen LogP contribution in [0, 0.1) is 6.92 Å². The third-order valence-electron chi connectivity index (χ3n) is 6.13. The minimum absolute atomic E-state index is 0.343. The molecule has 1 spiro atoms. The summed E-state index contributed by atoms with van der Waals surface area (Å²) in [7, 11) is 1.63. The standard InChI is InChI=1S/C23H29NO4/c1-16-3-5-17(6-4-16)21(26)15-24-11-9-23(10-12-24)14-20(25)19-8-7-18(27-2)13-22(19)28-23/h3-8,13,20-21,25-26H,9-12,14-15H2,1-2H3/t20-,21+/m1/s1. The maximum absolute atomic E-state index is 10.7. The number of nitrogens with zero attached hydrogens (tertiary/aromatic N) is 1. The molecule has 2 aliphatic rings. The normalized spacial score (nSPS) is 22.4. The molecule has 2 heterocycles. The lowest BCUT2D eigenvalue weighted by atomic mass is 9.81. The molecule has 5 nitrogen and oxygen atoms in total. The summed E-state index contributed by atoms with van der Waals surface area (Å²) >= 11 is 0. The largest absolute Gasteiger partial charge is 0.497 e. The lowest BCUT2D eigenvalue weighted by Gasteiger charge is -2.46. The van der Waals surface area contributed by atoms with Gasteiger partial charge in [0.1, 0.15) is 17.1 Å². The molecule has 0 unspecified atom stereocenters. The predicted molar refractivity (Wildman–Crippen MR) is 108 cm³/mol. The first-order valence-corrected chi connectivity index (χ1v) is 10.00. The van der Waals surface area contributed by atoms with Crippen LogP contribution in [0.1, 0.15) is 48.2 Å². The number of methoxy groups -OCH3 is 1. The monoisotopic (exact) mass is 383 g/mol. The van der Waals surface area contributed by atoms with E-state index in [1.54, 1.807) is 7.11 Å². The molecule has 0 bridgehead atoms. The molecule has 2 aromatic carbocycles. The van der Waals surface area contributed by atoms with Crippen LogP contribution in [0.2, 0.25) is 0 Å². The molecule has 4 rings (SSSR count). The molecule has 2 aromatic rings. The Morgan fingerprint density at radius 3 is 2.57 bits per heavy atom. The van der Waals surface area contributed by atoms with Crippen molar-refractivity contribution in [2.24, 2.45) is 0 Å². The number of hydrogen-bond acceptors (Lipinski definition) is 5. The lowest BCUT2D eigenvalue weighted by molar-refractivity contribution is -0.0588. The summed E-state index contributed by atoms with van der Waals surface area (Å²) in [6.07, 6.45) is 1.28. The number of aliphatic hydroxyl groups is 2. The Morgan fingerprint density at radius 2 is 1.89 bits per heavy atom. The van der Waals surface area contributed by atoms with Crippen LogP contribution in [-0.4, -0.2) is 47.5 Å². The number of benzene rings is 2. The van der Waals surface area contributed by atoms with Gasteiger partial charge in [0.25, 0.3) is 0 Å². The number of fused-ring (bicyclic) bond motifs is 1. The van der Waals surface area contributed by atoms with Crippen molar-refractivity contribution in [3.05, 3.63) is 59.2 Å². The van der Waals surface area contributed by atoms with Crippen LogP contribution in [0.3, 0.4) is 0 Å². The number of rotatable bonds is 4. The van der Waals surface area contributed by atoms with E-state index in [4.69, 9.17) is 9.47 Å². The van der Waals surface area contributed by atoms with Gasteiger partial charge >= 0.3 is 0 Å². The number of hydrogen-bond donors (Lipinski definition) is 2. The smallest absolute Gasteiger partial charge is 0.129 e. The van der Waals surface area contributed by atoms with E-state index >= 15 is 0 Å². The van der Waals surface area contributed by atoms with Crippen molar-refractivity contribution in [2.45, 2.75) is 44.0 Å². The van der Waals surface area contributed by atoms with Gasteiger partial charge in [0, 0.05) is 37.7 Å². The average molecular weight is 383 g/mol. The van der Waals surface area contributed by atoms with E-state index in [2.05, 4.69) is 4.90 Å². The minimum Gasteiger partial charge on any atom is -0.497 e. The van der Waals surface area contributed by atoms with Gasteiger partial charge in [-0.05, 0) is 37.5 Å². The van der Waals surface area contributed by atoms with Gasteiger partial charge in [0.05, 0.1) is 19.3 Å². The Hall–Kier alpha value is -2.08. The molecule has 1 fully saturated rings. The molecule has 1 saturated heterocycles. The predicted octanol–water partition coefficient (Wildman–Crippen LogP) is 3.39. The zero-order chi connectivity index (χ0) is 19.7. The summed E-state index contributed by atoms with van der Waals surface area (Å²) in [6.45, 7) is 4.35. The number of piperidine rings is 1. The van der Waals surface area contributed by atoms with Gasteiger partial charge < -0.3 is 24.6 Å². The second-order valence-electron chi connectivity index (χ2n) is 8.14. The first-order valence-electron chi connectivity index (χ1n) is 10.00. The number of likely N-dealkylation sites (tertiary alicyclic amines) is 1. The second-order valence-corrected chi connectivity index (χ2v) is 8.14. The molecule has 0 radical (unpaired) electrons. The number of aliphatic hydroxyl groups excluding tert-OH is 2. The van der Waals surface area contributed by atoms with Gasteiger partial charge in [-0.1, -0.05) is 29.8 Å². The van der Waals surface area contributed by atoms with Crippen LogP contribution in [0.25, 0.3) is 0 Å². The molecular weight excluding hydrogens is 354 g/mol. The second kappa shape index (κ2) is 7.74. The Kier molecular flexibility index (Phi) is 5.32. The summed E-state index contributed by atoms with van der Waals surface area (Å²) in [5.41, 5.74) is 2.64. The van der Waals surface area contributed by atoms with Crippen molar-refractivity contribution in [3.63, 3.8) is 0 Å². The minimum atomic E-state index is -0.514. The van der Waals surface area contributed by atoms with Crippen molar-refractivity contribution in [2.75, 3.05) is 26.7 Å². The molecule has 0 saturated carbocycles. The van der Waals surface area contributed by atoms with Crippen LogP contribution in [0.4, 0.5) is 0 Å². The van der Waals surface area contributed by atoms with Gasteiger partial charge in [-0.25, -0.2) is 0 Å². The van der Waals surface area contributed by atoms with Crippen molar-refractivity contribution >= 4 is 0 Å². The average Bonchev–Trinajstić information content (AvgIpc) is 2.70. The summed E-state index contributed by atoms with van der Waals surface area (Å²) < 4.78 is 11.7. The fraction of sp³-hybridized carbons (Fsp3) is 0.478. The molecule has 2 N–H and O–H groups in total. The van der Waals surface area contributed by atoms with Crippen LogP contribution in [0.5, 0.6) is 11.5 Å². The zero-order valence-corrected chi connectivity index (χ0v) is 16.6. The zero-order valence-electron chi connectivity index (χ0n) is 16.6. The van der Waals surface area contributed by atoms with Crippen molar-refractivity contribution < 1.29 is 19.7 Å².